The van der Waals surface area contributed by atoms with Crippen LogP contribution in [0, 0.1) is 3.57 Å². The van der Waals surface area contributed by atoms with Gasteiger partial charge < -0.3 is 5.32 Å². The number of nitrogens with one attached hydrogen (secondary N) is 1. The monoisotopic (exact) mass is 509 g/mol. The molecule has 0 aliphatic rings. The summed E-state index contributed by atoms with van der Waals surface area (Å²) in [5.74, 6) is 0.196. The van der Waals surface area contributed by atoms with E-state index in [1.807, 2.05) is 6.07 Å². The molecule has 1 aromatic carbocycles. The lowest BCUT2D eigenvalue weighted by Gasteiger charge is -2.07. The highest BCUT2D eigenvalue weighted by atomic mass is 127. The second kappa shape index (κ2) is 18.9. The van der Waals surface area contributed by atoms with Crippen LogP contribution in [0.15, 0.2) is 48.6 Å². The maximum Gasteiger partial charge on any atom is 0.220 e. The minimum Gasteiger partial charge on any atom is -0.356 e. The van der Waals surface area contributed by atoms with E-state index in [1.165, 1.54) is 60.5 Å². The van der Waals surface area contributed by atoms with Crippen LogP contribution in [0.3, 0.4) is 0 Å². The van der Waals surface area contributed by atoms with Crippen LogP contribution >= 0.6 is 22.6 Å². The maximum atomic E-state index is 11.9. The Bertz CT molecular complexity index is 594. The second-order valence-corrected chi connectivity index (χ2v) is 8.83. The number of carbonyl (C=O) groups is 1. The van der Waals surface area contributed by atoms with Crippen molar-refractivity contribution in [3.05, 3.63) is 57.7 Å². The van der Waals surface area contributed by atoms with Gasteiger partial charge in [0.15, 0.2) is 0 Å². The van der Waals surface area contributed by atoms with Crippen LogP contribution in [0.5, 0.6) is 0 Å². The van der Waals surface area contributed by atoms with E-state index in [0.717, 1.165) is 32.2 Å². The predicted molar refractivity (Wildman–Crippen MR) is 135 cm³/mol. The SMILES string of the molecule is CCCCC/C=C\C/C=C\CCCCCCCC(=O)NCCc1ccccc1I. The highest BCUT2D eigenvalue weighted by molar-refractivity contribution is 14.1. The summed E-state index contributed by atoms with van der Waals surface area (Å²) in [5.41, 5.74) is 1.31. The van der Waals surface area contributed by atoms with Gasteiger partial charge in [-0.2, -0.15) is 0 Å². The van der Waals surface area contributed by atoms with Crippen molar-refractivity contribution >= 4 is 28.5 Å². The first-order valence-corrected chi connectivity index (χ1v) is 12.6. The van der Waals surface area contributed by atoms with E-state index in [2.05, 4.69) is 77.3 Å². The Morgan fingerprint density at radius 3 is 2.28 bits per heavy atom. The molecule has 29 heavy (non-hydrogen) atoms. The lowest BCUT2D eigenvalue weighted by atomic mass is 10.1. The van der Waals surface area contributed by atoms with Gasteiger partial charge in [0.1, 0.15) is 0 Å². The van der Waals surface area contributed by atoms with E-state index in [0.29, 0.717) is 6.42 Å². The molecule has 0 saturated carbocycles. The van der Waals surface area contributed by atoms with Crippen molar-refractivity contribution in [2.24, 2.45) is 0 Å². The van der Waals surface area contributed by atoms with Crippen molar-refractivity contribution in [1.82, 2.24) is 5.32 Å². The topological polar surface area (TPSA) is 29.1 Å². The number of rotatable bonds is 17. The van der Waals surface area contributed by atoms with E-state index in [-0.39, 0.29) is 5.91 Å². The van der Waals surface area contributed by atoms with Crippen LogP contribution in [0.1, 0.15) is 89.5 Å². The summed E-state index contributed by atoms with van der Waals surface area (Å²) in [5, 5.41) is 3.05. The summed E-state index contributed by atoms with van der Waals surface area (Å²) in [6.45, 7) is 2.98. The van der Waals surface area contributed by atoms with Crippen LogP contribution in [0.2, 0.25) is 0 Å². The van der Waals surface area contributed by atoms with Crippen LogP contribution in [0.4, 0.5) is 0 Å². The Morgan fingerprint density at radius 2 is 1.55 bits per heavy atom. The maximum absolute atomic E-state index is 11.9. The molecule has 0 aliphatic heterocycles. The van der Waals surface area contributed by atoms with E-state index < -0.39 is 0 Å². The lowest BCUT2D eigenvalue weighted by molar-refractivity contribution is -0.121. The van der Waals surface area contributed by atoms with E-state index >= 15 is 0 Å². The molecule has 3 heteroatoms. The van der Waals surface area contributed by atoms with Crippen molar-refractivity contribution < 1.29 is 4.79 Å². The Kier molecular flexibility index (Phi) is 16.9. The average molecular weight is 510 g/mol. The molecule has 1 amide bonds. The van der Waals surface area contributed by atoms with Crippen molar-refractivity contribution in [1.29, 1.82) is 0 Å². The van der Waals surface area contributed by atoms with Gasteiger partial charge in [0.25, 0.3) is 0 Å². The molecule has 0 aliphatic carbocycles. The van der Waals surface area contributed by atoms with Crippen LogP contribution in [-0.2, 0) is 11.2 Å². The first-order valence-electron chi connectivity index (χ1n) is 11.5. The Labute approximate surface area is 192 Å². The Morgan fingerprint density at radius 1 is 0.897 bits per heavy atom. The fourth-order valence-corrected chi connectivity index (χ4v) is 3.88. The fraction of sp³-hybridized carbons (Fsp3) is 0.577. The Balaban J connectivity index is 1.88. The fourth-order valence-electron chi connectivity index (χ4n) is 3.22. The Hall–Kier alpha value is -1.10. The number of carbonyl (C=O) groups excluding carboxylic acids is 1. The van der Waals surface area contributed by atoms with Crippen LogP contribution < -0.4 is 5.32 Å². The zero-order chi connectivity index (χ0) is 21.0. The lowest BCUT2D eigenvalue weighted by Crippen LogP contribution is -2.25. The number of amides is 1. The third-order valence-corrected chi connectivity index (χ3v) is 6.08. The summed E-state index contributed by atoms with van der Waals surface area (Å²) in [6.07, 6.45) is 24.2. The summed E-state index contributed by atoms with van der Waals surface area (Å²) in [7, 11) is 0. The number of benzene rings is 1. The first kappa shape index (κ1) is 25.9. The molecule has 0 radical (unpaired) electrons. The largest absolute Gasteiger partial charge is 0.356 e. The molecule has 162 valence electrons. The molecule has 0 saturated heterocycles. The van der Waals surface area contributed by atoms with E-state index in [9.17, 15) is 4.79 Å². The minimum atomic E-state index is 0.196. The number of allylic oxidation sites excluding steroid dienone is 4. The zero-order valence-corrected chi connectivity index (χ0v) is 20.5. The first-order chi connectivity index (χ1) is 14.2. The number of unbranched alkanes of at least 4 members (excludes halogenated alkanes) is 8. The van der Waals surface area contributed by atoms with Gasteiger partial charge in [-0.3, -0.25) is 4.79 Å². The molecular weight excluding hydrogens is 469 g/mol. The molecule has 0 heterocycles. The highest BCUT2D eigenvalue weighted by Crippen LogP contribution is 2.12. The number of hydrogen-bond donors (Lipinski definition) is 1. The second-order valence-electron chi connectivity index (χ2n) is 7.67. The third-order valence-electron chi connectivity index (χ3n) is 5.03. The quantitative estimate of drug-likeness (QED) is 0.130. The zero-order valence-electron chi connectivity index (χ0n) is 18.3. The molecule has 1 rings (SSSR count). The van der Waals surface area contributed by atoms with Crippen LogP contribution in [-0.4, -0.2) is 12.5 Å². The molecule has 0 bridgehead atoms. The number of halogens is 1. The van der Waals surface area contributed by atoms with E-state index in [4.69, 9.17) is 0 Å². The van der Waals surface area contributed by atoms with Crippen LogP contribution in [0.25, 0.3) is 0 Å². The molecule has 1 aromatic rings. The van der Waals surface area contributed by atoms with Gasteiger partial charge in [0, 0.05) is 16.5 Å². The van der Waals surface area contributed by atoms with E-state index in [1.54, 1.807) is 0 Å². The summed E-state index contributed by atoms with van der Waals surface area (Å²) < 4.78 is 1.27. The smallest absolute Gasteiger partial charge is 0.220 e. The predicted octanol–water partition coefficient (Wildman–Crippen LogP) is 7.76. The molecular formula is C26H40INO. The van der Waals surface area contributed by atoms with Gasteiger partial charge in [-0.1, -0.05) is 81.5 Å². The molecule has 0 unspecified atom stereocenters. The van der Waals surface area contributed by atoms with Crippen molar-refractivity contribution in [2.75, 3.05) is 6.54 Å². The number of hydrogen-bond acceptors (Lipinski definition) is 1. The van der Waals surface area contributed by atoms with Gasteiger partial charge in [-0.05, 0) is 79.2 Å². The average Bonchev–Trinajstić information content (AvgIpc) is 2.72. The molecule has 0 spiro atoms. The standard InChI is InChI=1S/C26H40INO/c1-2-3-4-5-6-7-8-9-10-11-12-13-14-15-16-21-26(29)28-23-22-24-19-17-18-20-25(24)27/h6-7,9-10,17-20H,2-5,8,11-16,21-23H2,1H3,(H,28,29)/b7-6-,10-9-. The molecule has 1 N–H and O–H groups in total. The highest BCUT2D eigenvalue weighted by Gasteiger charge is 2.02. The molecule has 0 atom stereocenters. The summed E-state index contributed by atoms with van der Waals surface area (Å²) >= 11 is 2.35. The normalized spacial score (nSPS) is 11.5. The van der Waals surface area contributed by atoms with Crippen molar-refractivity contribution in [3.8, 4) is 0 Å². The molecule has 2 nitrogen and oxygen atoms in total. The van der Waals surface area contributed by atoms with Crippen molar-refractivity contribution in [2.45, 2.75) is 90.4 Å². The van der Waals surface area contributed by atoms with Gasteiger partial charge in [-0.25, -0.2) is 0 Å². The summed E-state index contributed by atoms with van der Waals surface area (Å²) in [6, 6.07) is 8.35. The van der Waals surface area contributed by atoms with Gasteiger partial charge in [-0.15, -0.1) is 0 Å². The molecule has 0 aromatic heterocycles. The van der Waals surface area contributed by atoms with Gasteiger partial charge in [0.2, 0.25) is 5.91 Å². The summed E-state index contributed by atoms with van der Waals surface area (Å²) in [4.78, 5) is 11.9. The van der Waals surface area contributed by atoms with Gasteiger partial charge >= 0.3 is 0 Å². The van der Waals surface area contributed by atoms with Gasteiger partial charge in [0.05, 0.1) is 0 Å². The third kappa shape index (κ3) is 15.4. The van der Waals surface area contributed by atoms with Crippen molar-refractivity contribution in [3.63, 3.8) is 0 Å². The minimum absolute atomic E-state index is 0.196. The molecule has 0 fully saturated rings.